The number of aromatic nitrogens is 4. The molecule has 252 valence electrons. The summed E-state index contributed by atoms with van der Waals surface area (Å²) in [6.45, 7) is 5.50. The van der Waals surface area contributed by atoms with Crippen LogP contribution in [0.5, 0.6) is 11.5 Å². The summed E-state index contributed by atoms with van der Waals surface area (Å²) in [5.74, 6) is -2.35. The van der Waals surface area contributed by atoms with Crippen LogP contribution in [0.4, 0.5) is 8.78 Å². The molecule has 3 aromatic carbocycles. The summed E-state index contributed by atoms with van der Waals surface area (Å²) in [7, 11) is -2.06. The van der Waals surface area contributed by atoms with E-state index in [0.717, 1.165) is 0 Å². The predicted octanol–water partition coefficient (Wildman–Crippen LogP) is 5.98. The molecule has 1 atom stereocenters. The van der Waals surface area contributed by atoms with E-state index in [9.17, 15) is 18.3 Å². The number of carbonyl (C=O) groups is 1. The molecule has 0 aliphatic carbocycles. The Bertz CT molecular complexity index is 2140. The summed E-state index contributed by atoms with van der Waals surface area (Å²) in [6.07, 6.45) is 1.42. The second-order valence-corrected chi connectivity index (χ2v) is 15.5. The van der Waals surface area contributed by atoms with Crippen LogP contribution >= 0.6 is 0 Å². The highest BCUT2D eigenvalue weighted by atomic mass is 32.2. The third kappa shape index (κ3) is 6.70. The van der Waals surface area contributed by atoms with Crippen molar-refractivity contribution in [1.82, 2.24) is 19.7 Å². The second kappa shape index (κ2) is 12.4. The molecule has 0 fully saturated rings. The Morgan fingerprint density at radius 2 is 1.85 bits per heavy atom. The Hall–Kier alpha value is -4.62. The quantitative estimate of drug-likeness (QED) is 0.238. The summed E-state index contributed by atoms with van der Waals surface area (Å²) in [5.41, 5.74) is 0.265. The number of carboxylic acid groups (broad SMARTS) is 1. The molecular formula is C35H36F2N4O6S. The zero-order valence-corrected chi connectivity index (χ0v) is 27.8. The van der Waals surface area contributed by atoms with Crippen LogP contribution < -0.4 is 4.74 Å². The molecule has 5 aromatic rings. The van der Waals surface area contributed by atoms with E-state index >= 15 is 8.78 Å². The first-order valence-electron chi connectivity index (χ1n) is 15.4. The van der Waals surface area contributed by atoms with E-state index in [-0.39, 0.29) is 66.3 Å². The molecule has 1 unspecified atom stereocenters. The molecule has 10 nitrogen and oxygen atoms in total. The molecule has 0 amide bonds. The lowest BCUT2D eigenvalue weighted by Crippen LogP contribution is -2.36. The van der Waals surface area contributed by atoms with Gasteiger partial charge in [0.15, 0.2) is 33.1 Å². The number of halogens is 2. The monoisotopic (exact) mass is 678 g/mol. The summed E-state index contributed by atoms with van der Waals surface area (Å²) in [4.78, 5) is 19.2. The first-order valence-corrected chi connectivity index (χ1v) is 17.2. The molecule has 0 saturated heterocycles. The van der Waals surface area contributed by atoms with E-state index in [2.05, 4.69) is 10.1 Å². The van der Waals surface area contributed by atoms with E-state index in [1.807, 2.05) is 13.0 Å². The van der Waals surface area contributed by atoms with Gasteiger partial charge in [-0.05, 0) is 48.7 Å². The maximum atomic E-state index is 15.6. The van der Waals surface area contributed by atoms with Crippen molar-refractivity contribution in [2.45, 2.75) is 39.0 Å². The number of H-pyrrole nitrogens is 1. The number of aromatic amines is 1. The standard InChI is InChI=1S/C35H36F2N4O6S/c1-34(2)18-46-19-35(3,22-7-5-6-21(14-22)15-30(42)43)33-39-32(41(4)40-33)26-16-23(8-9-27(26)36)47-31-25(11-13-48(44,45)20-34)24-10-12-38-29(24)17-28(31)37/h5-10,12,14,16-17,38H,11,13,15,18-20H2,1-4H3,(H,42,43). The van der Waals surface area contributed by atoms with Crippen molar-refractivity contribution in [2.24, 2.45) is 12.5 Å². The minimum atomic E-state index is -3.68. The minimum Gasteiger partial charge on any atom is -0.481 e. The van der Waals surface area contributed by atoms with Crippen LogP contribution in [0.15, 0.2) is 60.8 Å². The van der Waals surface area contributed by atoms with Gasteiger partial charge in [0.25, 0.3) is 0 Å². The van der Waals surface area contributed by atoms with Gasteiger partial charge in [0.05, 0.1) is 42.1 Å². The van der Waals surface area contributed by atoms with Crippen LogP contribution in [0.1, 0.15) is 43.3 Å². The minimum absolute atomic E-state index is 0.0141. The van der Waals surface area contributed by atoms with Gasteiger partial charge in [-0.3, -0.25) is 4.79 Å². The largest absolute Gasteiger partial charge is 0.481 e. The fourth-order valence-corrected chi connectivity index (χ4v) is 8.20. The van der Waals surface area contributed by atoms with Gasteiger partial charge in [0.1, 0.15) is 11.6 Å². The van der Waals surface area contributed by atoms with Crippen LogP contribution in [0.3, 0.4) is 0 Å². The van der Waals surface area contributed by atoms with E-state index in [1.165, 1.54) is 28.9 Å². The number of aryl methyl sites for hydroxylation is 2. The third-order valence-corrected chi connectivity index (χ3v) is 10.6. The molecule has 13 heteroatoms. The van der Waals surface area contributed by atoms with Gasteiger partial charge < -0.3 is 19.6 Å². The molecule has 6 rings (SSSR count). The average Bonchev–Trinajstić information content (AvgIpc) is 3.63. The number of benzene rings is 3. The first-order chi connectivity index (χ1) is 22.6. The molecule has 1 aliphatic rings. The van der Waals surface area contributed by atoms with Crippen LogP contribution in [0.25, 0.3) is 22.3 Å². The lowest BCUT2D eigenvalue weighted by molar-refractivity contribution is -0.136. The maximum Gasteiger partial charge on any atom is 0.307 e. The predicted molar refractivity (Wildman–Crippen MR) is 176 cm³/mol. The first kappa shape index (κ1) is 33.3. The van der Waals surface area contributed by atoms with Crippen LogP contribution in [-0.2, 0) is 44.7 Å². The lowest BCUT2D eigenvalue weighted by atomic mass is 9.81. The van der Waals surface area contributed by atoms with Crippen molar-refractivity contribution >= 4 is 26.7 Å². The molecule has 3 heterocycles. The van der Waals surface area contributed by atoms with Gasteiger partial charge >= 0.3 is 5.97 Å². The highest BCUT2D eigenvalue weighted by molar-refractivity contribution is 7.91. The van der Waals surface area contributed by atoms with Crippen molar-refractivity contribution in [2.75, 3.05) is 24.7 Å². The topological polar surface area (TPSA) is 136 Å². The Morgan fingerprint density at radius 3 is 2.62 bits per heavy atom. The number of hydrogen-bond donors (Lipinski definition) is 2. The van der Waals surface area contributed by atoms with E-state index in [0.29, 0.717) is 27.6 Å². The van der Waals surface area contributed by atoms with Gasteiger partial charge in [-0.2, -0.15) is 5.10 Å². The van der Waals surface area contributed by atoms with E-state index < -0.39 is 38.3 Å². The molecule has 4 bridgehead atoms. The Labute approximate surface area is 276 Å². The van der Waals surface area contributed by atoms with E-state index in [1.54, 1.807) is 51.4 Å². The fraction of sp³-hybridized carbons (Fsp3) is 0.343. The maximum absolute atomic E-state index is 15.6. The molecular weight excluding hydrogens is 642 g/mol. The number of rotatable bonds is 3. The van der Waals surface area contributed by atoms with Crippen molar-refractivity contribution in [3.8, 4) is 22.9 Å². The van der Waals surface area contributed by atoms with Gasteiger partial charge in [0.2, 0.25) is 0 Å². The van der Waals surface area contributed by atoms with Gasteiger partial charge in [0, 0.05) is 41.2 Å². The average molecular weight is 679 g/mol. The zero-order valence-electron chi connectivity index (χ0n) is 27.0. The molecule has 2 N–H and O–H groups in total. The van der Waals surface area contributed by atoms with Crippen molar-refractivity contribution in [3.05, 3.63) is 94.9 Å². The molecule has 0 radical (unpaired) electrons. The highest BCUT2D eigenvalue weighted by Gasteiger charge is 2.37. The van der Waals surface area contributed by atoms with Crippen LogP contribution in [-0.4, -0.2) is 64.0 Å². The summed E-state index contributed by atoms with van der Waals surface area (Å²) >= 11 is 0. The molecule has 2 aromatic heterocycles. The number of carboxylic acids is 1. The summed E-state index contributed by atoms with van der Waals surface area (Å²) in [6, 6.07) is 14.0. The molecule has 48 heavy (non-hydrogen) atoms. The second-order valence-electron chi connectivity index (χ2n) is 13.3. The van der Waals surface area contributed by atoms with Gasteiger partial charge in [-0.25, -0.2) is 26.9 Å². The van der Waals surface area contributed by atoms with Crippen molar-refractivity contribution in [1.29, 1.82) is 0 Å². The number of fused-ring (bicyclic) bond motifs is 8. The number of aliphatic carboxylic acids is 1. The number of nitrogens with zero attached hydrogens (tertiary/aromatic N) is 3. The number of sulfone groups is 1. The lowest BCUT2D eigenvalue weighted by Gasteiger charge is -2.30. The third-order valence-electron chi connectivity index (χ3n) is 8.60. The van der Waals surface area contributed by atoms with Crippen LogP contribution in [0, 0.1) is 17.0 Å². The zero-order chi connectivity index (χ0) is 34.4. The van der Waals surface area contributed by atoms with E-state index in [4.69, 9.17) is 14.5 Å². The van der Waals surface area contributed by atoms with Gasteiger partial charge in [-0.15, -0.1) is 0 Å². The molecule has 1 aliphatic heterocycles. The van der Waals surface area contributed by atoms with Crippen molar-refractivity contribution < 1.29 is 36.6 Å². The molecule has 0 saturated carbocycles. The number of ether oxygens (including phenoxy) is 2. The Kier molecular flexibility index (Phi) is 8.63. The van der Waals surface area contributed by atoms with Crippen molar-refractivity contribution in [3.63, 3.8) is 0 Å². The summed E-state index contributed by atoms with van der Waals surface area (Å²) < 4.78 is 71.9. The van der Waals surface area contributed by atoms with Gasteiger partial charge in [-0.1, -0.05) is 38.1 Å². The SMILES string of the molecule is Cn1nc2nc1-c1cc(ccc1F)Oc1c(F)cc3[nH]ccc3c1CCS(=O)(=O)CC(C)(C)COCC2(C)c1cccc(CC(=O)O)c1. The fourth-order valence-electron chi connectivity index (χ4n) is 6.27. The van der Waals surface area contributed by atoms with Crippen LogP contribution in [0.2, 0.25) is 0 Å². The number of nitrogens with one attached hydrogen (secondary N) is 1. The Balaban J connectivity index is 1.52. The highest BCUT2D eigenvalue weighted by Crippen LogP contribution is 2.38. The normalized spacial score (nSPS) is 19.5. The molecule has 0 spiro atoms. The smallest absolute Gasteiger partial charge is 0.307 e. The number of hydrogen-bond acceptors (Lipinski definition) is 7. The Morgan fingerprint density at radius 1 is 1.06 bits per heavy atom. The summed E-state index contributed by atoms with van der Waals surface area (Å²) in [5, 5.41) is 14.7.